The van der Waals surface area contributed by atoms with Crippen LogP contribution in [0.25, 0.3) is 10.9 Å². The molecular formula is C21H19N3O3. The van der Waals surface area contributed by atoms with Crippen molar-refractivity contribution in [2.45, 2.75) is 38.8 Å². The lowest BCUT2D eigenvalue weighted by atomic mass is 9.95. The van der Waals surface area contributed by atoms with Crippen LogP contribution in [0.2, 0.25) is 0 Å². The van der Waals surface area contributed by atoms with E-state index in [1.165, 1.54) is 30.2 Å². The monoisotopic (exact) mass is 361 g/mol. The quantitative estimate of drug-likeness (QED) is 0.551. The zero-order valence-corrected chi connectivity index (χ0v) is 14.8. The first kappa shape index (κ1) is 16.1. The van der Waals surface area contributed by atoms with Crippen molar-refractivity contribution in [2.75, 3.05) is 0 Å². The number of H-pyrrole nitrogens is 1. The van der Waals surface area contributed by atoms with Gasteiger partial charge in [-0.05, 0) is 48.4 Å². The molecule has 1 N–H and O–H groups in total. The second-order valence-electron chi connectivity index (χ2n) is 7.39. The Morgan fingerprint density at radius 1 is 1.07 bits per heavy atom. The molecule has 0 fully saturated rings. The van der Waals surface area contributed by atoms with Gasteiger partial charge in [-0.25, -0.2) is 0 Å². The van der Waals surface area contributed by atoms with Gasteiger partial charge in [0.2, 0.25) is 0 Å². The molecule has 1 aromatic heterocycles. The molecule has 2 aromatic carbocycles. The van der Waals surface area contributed by atoms with Crippen molar-refractivity contribution in [1.29, 1.82) is 0 Å². The van der Waals surface area contributed by atoms with E-state index in [0.717, 1.165) is 34.9 Å². The molecule has 3 aromatic rings. The van der Waals surface area contributed by atoms with Gasteiger partial charge in [-0.1, -0.05) is 18.2 Å². The van der Waals surface area contributed by atoms with Crippen LogP contribution in [0.1, 0.15) is 45.6 Å². The number of fused-ring (bicyclic) bond motifs is 4. The number of nitro benzene ring substituents is 1. The van der Waals surface area contributed by atoms with Crippen molar-refractivity contribution in [1.82, 2.24) is 9.88 Å². The van der Waals surface area contributed by atoms with Crippen molar-refractivity contribution < 1.29 is 9.72 Å². The van der Waals surface area contributed by atoms with Crippen LogP contribution < -0.4 is 0 Å². The van der Waals surface area contributed by atoms with E-state index >= 15 is 0 Å². The van der Waals surface area contributed by atoms with E-state index in [9.17, 15) is 14.9 Å². The summed E-state index contributed by atoms with van der Waals surface area (Å²) in [6, 6.07) is 10.8. The highest BCUT2D eigenvalue weighted by Gasteiger charge is 2.28. The minimum Gasteiger partial charge on any atom is -0.358 e. The summed E-state index contributed by atoms with van der Waals surface area (Å²) in [6.45, 7) is 0.898. The Balaban J connectivity index is 1.50. The molecule has 1 amide bonds. The van der Waals surface area contributed by atoms with Crippen LogP contribution in [0.4, 0.5) is 5.69 Å². The fourth-order valence-corrected chi connectivity index (χ4v) is 4.42. The Bertz CT molecular complexity index is 1100. The van der Waals surface area contributed by atoms with E-state index in [4.69, 9.17) is 0 Å². The molecule has 1 aliphatic carbocycles. The Morgan fingerprint density at radius 3 is 2.74 bits per heavy atom. The van der Waals surface area contributed by atoms with Crippen LogP contribution in [0.15, 0.2) is 36.4 Å². The van der Waals surface area contributed by atoms with Crippen LogP contribution in [-0.2, 0) is 25.9 Å². The minimum absolute atomic E-state index is 0.0296. The van der Waals surface area contributed by atoms with E-state index in [0.29, 0.717) is 18.7 Å². The molecule has 0 bridgehead atoms. The Labute approximate surface area is 155 Å². The second kappa shape index (κ2) is 5.94. The zero-order valence-electron chi connectivity index (χ0n) is 14.8. The smallest absolute Gasteiger partial charge is 0.269 e. The lowest BCUT2D eigenvalue weighted by molar-refractivity contribution is -0.384. The van der Waals surface area contributed by atoms with Gasteiger partial charge in [0.25, 0.3) is 11.6 Å². The lowest BCUT2D eigenvalue weighted by Gasteiger charge is -2.16. The van der Waals surface area contributed by atoms with E-state index < -0.39 is 4.92 Å². The third kappa shape index (κ3) is 2.51. The minimum atomic E-state index is -0.394. The van der Waals surface area contributed by atoms with Gasteiger partial charge in [-0.15, -0.1) is 0 Å². The van der Waals surface area contributed by atoms with Gasteiger partial charge in [-0.3, -0.25) is 14.9 Å². The molecule has 0 unspecified atom stereocenters. The molecule has 27 heavy (non-hydrogen) atoms. The first-order chi connectivity index (χ1) is 13.1. The number of rotatable bonds is 2. The summed E-state index contributed by atoms with van der Waals surface area (Å²) >= 11 is 0. The maximum absolute atomic E-state index is 13.2. The van der Waals surface area contributed by atoms with Crippen molar-refractivity contribution in [3.05, 3.63) is 74.5 Å². The van der Waals surface area contributed by atoms with E-state index in [1.807, 2.05) is 12.1 Å². The number of hydrogen-bond acceptors (Lipinski definition) is 3. The van der Waals surface area contributed by atoms with Gasteiger partial charge < -0.3 is 9.88 Å². The predicted molar refractivity (Wildman–Crippen MR) is 102 cm³/mol. The van der Waals surface area contributed by atoms with Crippen LogP contribution >= 0.6 is 0 Å². The number of nitrogens with zero attached hydrogens (tertiary/aromatic N) is 2. The Kier molecular flexibility index (Phi) is 3.53. The fraction of sp³-hybridized carbons (Fsp3) is 0.286. The molecule has 5 rings (SSSR count). The van der Waals surface area contributed by atoms with E-state index in [-0.39, 0.29) is 11.6 Å². The van der Waals surface area contributed by atoms with E-state index in [1.54, 1.807) is 17.0 Å². The lowest BCUT2D eigenvalue weighted by Crippen LogP contribution is -2.25. The SMILES string of the molecule is O=C(c1cccc2c3c([nH]c12)CCCC3)N1Cc2ccc([N+](=O)[O-])cc2C1. The molecular weight excluding hydrogens is 342 g/mol. The molecule has 0 atom stereocenters. The number of aromatic amines is 1. The molecule has 0 saturated carbocycles. The van der Waals surface area contributed by atoms with Crippen LogP contribution in [0.3, 0.4) is 0 Å². The van der Waals surface area contributed by atoms with Crippen LogP contribution in [0.5, 0.6) is 0 Å². The van der Waals surface area contributed by atoms with Crippen LogP contribution in [0, 0.1) is 10.1 Å². The zero-order chi connectivity index (χ0) is 18.5. The molecule has 0 spiro atoms. The normalized spacial score (nSPS) is 15.6. The highest BCUT2D eigenvalue weighted by Crippen LogP contribution is 2.33. The average Bonchev–Trinajstić information content (AvgIpc) is 3.27. The number of para-hydroxylation sites is 1. The summed E-state index contributed by atoms with van der Waals surface area (Å²) < 4.78 is 0. The summed E-state index contributed by atoms with van der Waals surface area (Å²) in [5.74, 6) is -0.0296. The number of carbonyl (C=O) groups is 1. The predicted octanol–water partition coefficient (Wildman–Crippen LogP) is 4.11. The standard InChI is InChI=1S/C21H19N3O3/c25-21(23-11-13-8-9-15(24(26)27)10-14(13)12-23)18-6-3-5-17-16-4-1-2-7-19(16)22-20(17)18/h3,5-6,8-10,22H,1-2,4,7,11-12H2. The second-order valence-corrected chi connectivity index (χ2v) is 7.39. The largest absolute Gasteiger partial charge is 0.358 e. The molecule has 136 valence electrons. The highest BCUT2D eigenvalue weighted by atomic mass is 16.6. The first-order valence-corrected chi connectivity index (χ1v) is 9.30. The summed E-state index contributed by atoms with van der Waals surface area (Å²) in [5.41, 5.74) is 6.13. The number of hydrogen-bond donors (Lipinski definition) is 1. The molecule has 1 aliphatic heterocycles. The maximum Gasteiger partial charge on any atom is 0.269 e. The third-order valence-electron chi connectivity index (χ3n) is 5.77. The number of amides is 1. The Morgan fingerprint density at radius 2 is 1.89 bits per heavy atom. The number of benzene rings is 2. The molecule has 0 radical (unpaired) electrons. The molecule has 6 nitrogen and oxygen atoms in total. The van der Waals surface area contributed by atoms with Crippen molar-refractivity contribution in [2.24, 2.45) is 0 Å². The Hall–Kier alpha value is -3.15. The summed E-state index contributed by atoms with van der Waals surface area (Å²) in [5, 5.41) is 12.2. The number of carbonyl (C=O) groups excluding carboxylic acids is 1. The van der Waals surface area contributed by atoms with Gasteiger partial charge in [0.1, 0.15) is 0 Å². The van der Waals surface area contributed by atoms with Crippen molar-refractivity contribution in [3.63, 3.8) is 0 Å². The molecule has 2 heterocycles. The van der Waals surface area contributed by atoms with Crippen molar-refractivity contribution >= 4 is 22.5 Å². The number of aryl methyl sites for hydroxylation is 2. The molecule has 2 aliphatic rings. The first-order valence-electron chi connectivity index (χ1n) is 9.30. The van der Waals surface area contributed by atoms with Crippen LogP contribution in [-0.4, -0.2) is 20.7 Å². The maximum atomic E-state index is 13.2. The number of non-ortho nitro benzene ring substituents is 1. The topological polar surface area (TPSA) is 79.2 Å². The molecule has 0 saturated heterocycles. The van der Waals surface area contributed by atoms with Gasteiger partial charge in [0.05, 0.1) is 16.0 Å². The highest BCUT2D eigenvalue weighted by molar-refractivity contribution is 6.07. The van der Waals surface area contributed by atoms with Gasteiger partial charge in [0.15, 0.2) is 0 Å². The fourth-order valence-electron chi connectivity index (χ4n) is 4.42. The summed E-state index contributed by atoms with van der Waals surface area (Å²) in [7, 11) is 0. The summed E-state index contributed by atoms with van der Waals surface area (Å²) in [6.07, 6.45) is 4.48. The number of nitrogens with one attached hydrogen (secondary N) is 1. The molecule has 6 heteroatoms. The van der Waals surface area contributed by atoms with Gasteiger partial charge in [0, 0.05) is 36.3 Å². The number of nitro groups is 1. The third-order valence-corrected chi connectivity index (χ3v) is 5.77. The van der Waals surface area contributed by atoms with Gasteiger partial charge >= 0.3 is 0 Å². The van der Waals surface area contributed by atoms with E-state index in [2.05, 4.69) is 11.1 Å². The van der Waals surface area contributed by atoms with Crippen molar-refractivity contribution in [3.8, 4) is 0 Å². The summed E-state index contributed by atoms with van der Waals surface area (Å²) in [4.78, 5) is 29.1. The van der Waals surface area contributed by atoms with Gasteiger partial charge in [-0.2, -0.15) is 0 Å². The number of aromatic nitrogens is 1. The average molecular weight is 361 g/mol.